The van der Waals surface area contributed by atoms with Crippen molar-refractivity contribution in [1.29, 1.82) is 0 Å². The molecule has 2 N–H and O–H groups in total. The molecule has 296 valence electrons. The van der Waals surface area contributed by atoms with E-state index >= 15 is 0 Å². The lowest BCUT2D eigenvalue weighted by molar-refractivity contribution is -0.129. The number of piperidine rings is 1. The van der Waals surface area contributed by atoms with Gasteiger partial charge in [-0.1, -0.05) is 23.4 Å². The van der Waals surface area contributed by atoms with Gasteiger partial charge in [-0.25, -0.2) is 17.6 Å². The molecular weight excluding hydrogens is 724 g/mol. The van der Waals surface area contributed by atoms with Crippen LogP contribution in [0.15, 0.2) is 78.0 Å². The van der Waals surface area contributed by atoms with E-state index < -0.39 is 26.6 Å². The van der Waals surface area contributed by atoms with Gasteiger partial charge >= 0.3 is 6.09 Å². The summed E-state index contributed by atoms with van der Waals surface area (Å²) in [7, 11) is 0.305. The number of sulfone groups is 1. The topological polar surface area (TPSA) is 147 Å². The molecule has 3 saturated heterocycles. The van der Waals surface area contributed by atoms with Crippen LogP contribution in [-0.4, -0.2) is 128 Å². The van der Waals surface area contributed by atoms with Crippen LogP contribution in [-0.2, 0) is 31.3 Å². The Hall–Kier alpha value is -4.34. The van der Waals surface area contributed by atoms with Crippen LogP contribution in [0.25, 0.3) is 0 Å². The maximum Gasteiger partial charge on any atom is 0.404 e. The molecule has 13 nitrogen and oxygen atoms in total. The van der Waals surface area contributed by atoms with Crippen LogP contribution < -0.4 is 10.6 Å². The second-order valence-electron chi connectivity index (χ2n) is 16.1. The Balaban J connectivity index is 0.955. The Morgan fingerprint density at radius 2 is 1.78 bits per heavy atom. The van der Waals surface area contributed by atoms with Crippen molar-refractivity contribution >= 4 is 27.5 Å². The van der Waals surface area contributed by atoms with Crippen molar-refractivity contribution in [2.45, 2.75) is 60.3 Å². The van der Waals surface area contributed by atoms with Gasteiger partial charge in [0, 0.05) is 74.5 Å². The predicted octanol–water partition coefficient (Wildman–Crippen LogP) is 3.57. The maximum absolute atomic E-state index is 15.0. The monoisotopic (exact) mass is 776 g/mol. The molecular formula is C40H53FN8O5S. The highest BCUT2D eigenvalue weighted by molar-refractivity contribution is 7.92. The second kappa shape index (κ2) is 16.4. The number of benzene rings is 2. The van der Waals surface area contributed by atoms with E-state index in [9.17, 15) is 22.4 Å². The molecule has 3 atom stereocenters. The molecule has 0 radical (unpaired) electrons. The Labute approximate surface area is 323 Å². The summed E-state index contributed by atoms with van der Waals surface area (Å²) in [6.45, 7) is 6.09. The SMILES string of the molecule is CN(C)C/C=C/C(=O)N1CC(S(=O)(=O)c2ccc(N3CC(CN4CCC(C(Cn5ccnn5)(c5cccc(F)c5)[C@H]5CCC[C@@H]5OC(N)=O)CC4)C3)cc2)C1. The molecule has 3 aliphatic heterocycles. The molecule has 1 aliphatic carbocycles. The lowest BCUT2D eigenvalue weighted by Crippen LogP contribution is -2.56. The lowest BCUT2D eigenvalue weighted by atomic mass is 9.58. The minimum Gasteiger partial charge on any atom is -0.446 e. The molecule has 2 amide bonds. The van der Waals surface area contributed by atoms with Crippen LogP contribution >= 0.6 is 0 Å². The van der Waals surface area contributed by atoms with Crippen LogP contribution in [0.3, 0.4) is 0 Å². The summed E-state index contributed by atoms with van der Waals surface area (Å²) in [6.07, 6.45) is 9.90. The number of primary amides is 1. The van der Waals surface area contributed by atoms with E-state index in [4.69, 9.17) is 10.5 Å². The largest absolute Gasteiger partial charge is 0.446 e. The molecule has 0 bridgehead atoms. The van der Waals surface area contributed by atoms with Gasteiger partial charge < -0.3 is 30.1 Å². The number of carbonyl (C=O) groups excluding carboxylic acids is 2. The number of hydrogen-bond acceptors (Lipinski definition) is 10. The first-order valence-electron chi connectivity index (χ1n) is 19.4. The zero-order chi connectivity index (χ0) is 38.7. The number of nitrogens with two attached hydrogens (primary N) is 1. The highest BCUT2D eigenvalue weighted by Gasteiger charge is 2.53. The quantitative estimate of drug-likeness (QED) is 0.241. The molecule has 4 aliphatic rings. The fourth-order valence-electron chi connectivity index (χ4n) is 9.47. The van der Waals surface area contributed by atoms with E-state index in [1.165, 1.54) is 12.1 Å². The van der Waals surface area contributed by atoms with Gasteiger partial charge in [-0.3, -0.25) is 9.48 Å². The van der Waals surface area contributed by atoms with Crippen LogP contribution in [0.1, 0.15) is 37.7 Å². The summed E-state index contributed by atoms with van der Waals surface area (Å²) in [5, 5.41) is 7.82. The van der Waals surface area contributed by atoms with Gasteiger partial charge in [0.1, 0.15) is 17.2 Å². The van der Waals surface area contributed by atoms with Crippen molar-refractivity contribution < 1.29 is 27.1 Å². The third kappa shape index (κ3) is 8.43. The third-order valence-electron chi connectivity index (χ3n) is 12.3. The smallest absolute Gasteiger partial charge is 0.404 e. The van der Waals surface area contributed by atoms with Crippen molar-refractivity contribution in [2.75, 3.05) is 71.4 Å². The summed E-state index contributed by atoms with van der Waals surface area (Å²) in [6, 6.07) is 14.0. The fraction of sp³-hybridized carbons (Fsp3) is 0.550. The second-order valence-corrected chi connectivity index (χ2v) is 18.3. The number of amides is 2. The first-order valence-corrected chi connectivity index (χ1v) is 20.9. The normalized spacial score (nSPS) is 22.8. The summed E-state index contributed by atoms with van der Waals surface area (Å²) in [4.78, 5) is 33.0. The number of rotatable bonds is 14. The molecule has 1 aromatic heterocycles. The zero-order valence-corrected chi connectivity index (χ0v) is 32.6. The van der Waals surface area contributed by atoms with E-state index in [0.717, 1.165) is 69.7 Å². The van der Waals surface area contributed by atoms with Gasteiger partial charge in [0.2, 0.25) is 5.91 Å². The average Bonchev–Trinajstić information content (AvgIpc) is 3.80. The number of carbonyl (C=O) groups is 2. The van der Waals surface area contributed by atoms with Crippen molar-refractivity contribution in [3.63, 3.8) is 0 Å². The number of likely N-dealkylation sites (tertiary alicyclic amines) is 2. The molecule has 3 aromatic rings. The molecule has 1 unspecified atom stereocenters. The third-order valence-corrected chi connectivity index (χ3v) is 14.4. The van der Waals surface area contributed by atoms with Gasteiger partial charge in [0.05, 0.1) is 17.6 Å². The summed E-state index contributed by atoms with van der Waals surface area (Å²) in [5.41, 5.74) is 6.91. The Morgan fingerprint density at radius 1 is 1.04 bits per heavy atom. The van der Waals surface area contributed by atoms with Gasteiger partial charge in [0.25, 0.3) is 0 Å². The average molecular weight is 777 g/mol. The van der Waals surface area contributed by atoms with Crippen molar-refractivity contribution in [3.05, 3.63) is 84.5 Å². The highest BCUT2D eigenvalue weighted by atomic mass is 32.2. The zero-order valence-electron chi connectivity index (χ0n) is 31.7. The van der Waals surface area contributed by atoms with Gasteiger partial charge in [-0.05, 0) is 107 Å². The first kappa shape index (κ1) is 38.9. The van der Waals surface area contributed by atoms with E-state index in [1.54, 1.807) is 41.4 Å². The van der Waals surface area contributed by atoms with Gasteiger partial charge in [-0.2, -0.15) is 0 Å². The van der Waals surface area contributed by atoms with Crippen LogP contribution in [0.4, 0.5) is 14.9 Å². The Bertz CT molecular complexity index is 1920. The molecule has 7 rings (SSSR count). The van der Waals surface area contributed by atoms with E-state index in [0.29, 0.717) is 30.3 Å². The summed E-state index contributed by atoms with van der Waals surface area (Å²) in [5.74, 6) is 0.151. The standard InChI is InChI=1S/C40H53FN8O5S/c1-45(2)18-5-10-38(50)48-26-35(27-48)55(52,53)34-13-11-33(12-14-34)47-24-29(25-47)23-46-19-15-30(16-20-46)40(28-49-21-17-43-44-49,31-6-3-7-32(41)22-31)36-8-4-9-37(36)54-39(42)51/h3,5-7,10-14,17,21-22,29-30,35-37H,4,8-9,15-16,18-20,23-28H2,1-2H3,(H2,42,51)/b10-5+/t36-,37-,40?/m0/s1. The highest BCUT2D eigenvalue weighted by Crippen LogP contribution is 2.52. The minimum atomic E-state index is -3.53. The predicted molar refractivity (Wildman–Crippen MR) is 206 cm³/mol. The number of nitrogens with zero attached hydrogens (tertiary/aromatic N) is 7. The molecule has 4 fully saturated rings. The van der Waals surface area contributed by atoms with Gasteiger partial charge in [0.15, 0.2) is 9.84 Å². The van der Waals surface area contributed by atoms with Crippen LogP contribution in [0.5, 0.6) is 0 Å². The van der Waals surface area contributed by atoms with E-state index in [2.05, 4.69) is 20.1 Å². The van der Waals surface area contributed by atoms with E-state index in [1.807, 2.05) is 48.1 Å². The number of likely N-dealkylation sites (N-methyl/N-ethyl adjacent to an activating group) is 1. The van der Waals surface area contributed by atoms with Crippen molar-refractivity contribution in [3.8, 4) is 0 Å². The maximum atomic E-state index is 15.0. The van der Waals surface area contributed by atoms with Crippen molar-refractivity contribution in [2.24, 2.45) is 23.5 Å². The molecule has 4 heterocycles. The molecule has 55 heavy (non-hydrogen) atoms. The van der Waals surface area contributed by atoms with Crippen LogP contribution in [0.2, 0.25) is 0 Å². The molecule has 1 saturated carbocycles. The molecule has 2 aromatic carbocycles. The van der Waals surface area contributed by atoms with Crippen LogP contribution in [0, 0.1) is 23.6 Å². The summed E-state index contributed by atoms with van der Waals surface area (Å²) >= 11 is 0. The molecule has 0 spiro atoms. The minimum absolute atomic E-state index is 0.0581. The van der Waals surface area contributed by atoms with Gasteiger partial charge in [-0.15, -0.1) is 5.10 Å². The molecule has 15 heteroatoms. The number of ether oxygens (including phenoxy) is 1. The summed E-state index contributed by atoms with van der Waals surface area (Å²) < 4.78 is 49.1. The number of anilines is 1. The van der Waals surface area contributed by atoms with E-state index in [-0.39, 0.29) is 42.8 Å². The van der Waals surface area contributed by atoms with Crippen molar-refractivity contribution in [1.82, 2.24) is 29.7 Å². The fourth-order valence-corrected chi connectivity index (χ4v) is 11.1. The first-order chi connectivity index (χ1) is 26.4. The Kier molecular flexibility index (Phi) is 11.6. The number of hydrogen-bond donors (Lipinski definition) is 1. The number of halogens is 1. The Morgan fingerprint density at radius 3 is 2.44 bits per heavy atom. The lowest BCUT2D eigenvalue weighted by Gasteiger charge is -2.51. The number of aromatic nitrogens is 3.